The number of rotatable bonds is 11. The van der Waals surface area contributed by atoms with Crippen molar-refractivity contribution in [2.24, 2.45) is 0 Å². The van der Waals surface area contributed by atoms with Gasteiger partial charge in [0.25, 0.3) is 10.0 Å². The fraction of sp³-hybridized carbons (Fsp3) is 0.259. The van der Waals surface area contributed by atoms with Crippen molar-refractivity contribution in [1.82, 2.24) is 10.2 Å². The van der Waals surface area contributed by atoms with Gasteiger partial charge in [-0.1, -0.05) is 29.3 Å². The average molecular weight is 597 g/mol. The van der Waals surface area contributed by atoms with Gasteiger partial charge in [0.2, 0.25) is 11.8 Å². The maximum absolute atomic E-state index is 13.8. The number of carbonyl (C=O) groups is 2. The number of amides is 2. The van der Waals surface area contributed by atoms with Crippen LogP contribution in [0.2, 0.25) is 10.0 Å². The maximum atomic E-state index is 13.8. The number of carbonyl (C=O) groups excluding carboxylic acids is 2. The van der Waals surface area contributed by atoms with Crippen molar-refractivity contribution in [3.63, 3.8) is 0 Å². The van der Waals surface area contributed by atoms with Gasteiger partial charge in [-0.3, -0.25) is 13.9 Å². The minimum Gasteiger partial charge on any atom is -0.494 e. The lowest BCUT2D eigenvalue weighted by atomic mass is 10.1. The molecule has 0 radical (unpaired) electrons. The van der Waals surface area contributed by atoms with Crippen molar-refractivity contribution in [2.45, 2.75) is 31.3 Å². The number of likely N-dealkylation sites (N-methyl/N-ethyl adjacent to an activating group) is 1. The van der Waals surface area contributed by atoms with Crippen molar-refractivity contribution >= 4 is 50.7 Å². The number of hydrogen-bond donors (Lipinski definition) is 1. The van der Waals surface area contributed by atoms with Crippen molar-refractivity contribution in [3.8, 4) is 5.75 Å². The Morgan fingerprint density at radius 1 is 1.00 bits per heavy atom. The first kappa shape index (κ1) is 30.2. The zero-order valence-corrected chi connectivity index (χ0v) is 23.9. The SMILES string of the molecule is CCOc1ccc(S(=O)(=O)N(CC(=O)N(Cc2c(Cl)cccc2Cl)[C@H](C)C(=O)NC)c2ccc(F)cc2)cc1. The molecular weight excluding hydrogens is 568 g/mol. The van der Waals surface area contributed by atoms with Crippen LogP contribution in [0.3, 0.4) is 0 Å². The third-order valence-electron chi connectivity index (χ3n) is 5.92. The van der Waals surface area contributed by atoms with Crippen LogP contribution in [0.4, 0.5) is 10.1 Å². The predicted octanol–water partition coefficient (Wildman–Crippen LogP) is 4.89. The fourth-order valence-electron chi connectivity index (χ4n) is 3.78. The minimum atomic E-state index is -4.31. The maximum Gasteiger partial charge on any atom is 0.264 e. The zero-order valence-electron chi connectivity index (χ0n) is 21.5. The molecule has 0 aromatic heterocycles. The van der Waals surface area contributed by atoms with Crippen LogP contribution in [-0.2, 0) is 26.2 Å². The van der Waals surface area contributed by atoms with Crippen molar-refractivity contribution in [1.29, 1.82) is 0 Å². The molecule has 0 aliphatic heterocycles. The summed E-state index contributed by atoms with van der Waals surface area (Å²) in [5.74, 6) is -1.29. The van der Waals surface area contributed by atoms with Crippen molar-refractivity contribution in [2.75, 3.05) is 24.5 Å². The van der Waals surface area contributed by atoms with Crippen LogP contribution in [0, 0.1) is 5.82 Å². The summed E-state index contributed by atoms with van der Waals surface area (Å²) in [6.45, 7) is 2.85. The monoisotopic (exact) mass is 595 g/mol. The van der Waals surface area contributed by atoms with Gasteiger partial charge in [-0.2, -0.15) is 0 Å². The summed E-state index contributed by atoms with van der Waals surface area (Å²) in [4.78, 5) is 27.4. The van der Waals surface area contributed by atoms with Crippen LogP contribution in [0.5, 0.6) is 5.75 Å². The summed E-state index contributed by atoms with van der Waals surface area (Å²) in [6, 6.07) is 14.2. The van der Waals surface area contributed by atoms with Gasteiger partial charge < -0.3 is 15.0 Å². The van der Waals surface area contributed by atoms with Crippen molar-refractivity contribution < 1.29 is 27.1 Å². The van der Waals surface area contributed by atoms with E-state index in [1.54, 1.807) is 25.1 Å². The second-order valence-electron chi connectivity index (χ2n) is 8.40. The van der Waals surface area contributed by atoms with E-state index in [2.05, 4.69) is 5.32 Å². The molecule has 208 valence electrons. The third-order valence-corrected chi connectivity index (χ3v) is 8.42. The lowest BCUT2D eigenvalue weighted by Crippen LogP contribution is -2.50. The number of hydrogen-bond acceptors (Lipinski definition) is 5. The Bertz CT molecular complexity index is 1400. The number of nitrogens with zero attached hydrogens (tertiary/aromatic N) is 2. The Morgan fingerprint density at radius 3 is 2.13 bits per heavy atom. The number of ether oxygens (including phenoxy) is 1. The second-order valence-corrected chi connectivity index (χ2v) is 11.1. The van der Waals surface area contributed by atoms with Gasteiger partial charge in [0.15, 0.2) is 0 Å². The third kappa shape index (κ3) is 7.20. The van der Waals surface area contributed by atoms with Crippen LogP contribution in [0.15, 0.2) is 71.6 Å². The van der Waals surface area contributed by atoms with Crippen LogP contribution in [0.1, 0.15) is 19.4 Å². The summed E-state index contributed by atoms with van der Waals surface area (Å²) in [5, 5.41) is 3.05. The molecule has 0 fully saturated rings. The Morgan fingerprint density at radius 2 is 1.59 bits per heavy atom. The second kappa shape index (κ2) is 13.1. The molecule has 0 aliphatic carbocycles. The van der Waals surface area contributed by atoms with Gasteiger partial charge in [0.1, 0.15) is 24.2 Å². The molecule has 1 N–H and O–H groups in total. The minimum absolute atomic E-state index is 0.0574. The van der Waals surface area contributed by atoms with E-state index in [4.69, 9.17) is 27.9 Å². The van der Waals surface area contributed by atoms with Crippen LogP contribution in [0.25, 0.3) is 0 Å². The lowest BCUT2D eigenvalue weighted by Gasteiger charge is -2.32. The Balaban J connectivity index is 2.05. The van der Waals surface area contributed by atoms with Crippen LogP contribution in [-0.4, -0.2) is 51.4 Å². The molecule has 3 aromatic carbocycles. The van der Waals surface area contributed by atoms with E-state index in [0.29, 0.717) is 17.9 Å². The van der Waals surface area contributed by atoms with Crippen molar-refractivity contribution in [3.05, 3.63) is 88.2 Å². The lowest BCUT2D eigenvalue weighted by molar-refractivity contribution is -0.139. The molecule has 1 atom stereocenters. The number of sulfonamides is 1. The van der Waals surface area contributed by atoms with E-state index < -0.39 is 40.2 Å². The number of nitrogens with one attached hydrogen (secondary N) is 1. The highest BCUT2D eigenvalue weighted by Gasteiger charge is 2.33. The first-order valence-corrected chi connectivity index (χ1v) is 14.1. The zero-order chi connectivity index (χ0) is 28.7. The Hall–Kier alpha value is -3.34. The molecule has 3 aromatic rings. The Kier molecular flexibility index (Phi) is 10.2. The van der Waals surface area contributed by atoms with Gasteiger partial charge in [-0.25, -0.2) is 12.8 Å². The van der Waals surface area contributed by atoms with Gasteiger partial charge in [0, 0.05) is 29.2 Å². The highest BCUT2D eigenvalue weighted by atomic mass is 35.5. The van der Waals surface area contributed by atoms with Crippen LogP contribution >= 0.6 is 23.2 Å². The van der Waals surface area contributed by atoms with E-state index >= 15 is 0 Å². The molecule has 39 heavy (non-hydrogen) atoms. The number of halogens is 3. The Labute approximate surface area is 237 Å². The first-order valence-electron chi connectivity index (χ1n) is 11.9. The van der Waals surface area contributed by atoms with E-state index in [1.807, 2.05) is 0 Å². The molecule has 2 amide bonds. The molecular formula is C27H28Cl2FN3O5S. The molecule has 0 saturated heterocycles. The molecule has 0 spiro atoms. The van der Waals surface area contributed by atoms with E-state index in [-0.39, 0.29) is 27.2 Å². The normalized spacial score (nSPS) is 11.9. The summed E-state index contributed by atoms with van der Waals surface area (Å²) >= 11 is 12.7. The smallest absolute Gasteiger partial charge is 0.264 e. The molecule has 0 saturated carbocycles. The molecule has 12 heteroatoms. The van der Waals surface area contributed by atoms with Gasteiger partial charge in [-0.05, 0) is 74.5 Å². The van der Waals surface area contributed by atoms with E-state index in [1.165, 1.54) is 55.3 Å². The number of anilines is 1. The van der Waals surface area contributed by atoms with Gasteiger partial charge in [0.05, 0.1) is 17.2 Å². The quantitative estimate of drug-likeness (QED) is 0.340. The highest BCUT2D eigenvalue weighted by Crippen LogP contribution is 2.29. The van der Waals surface area contributed by atoms with E-state index in [0.717, 1.165) is 16.4 Å². The molecule has 3 rings (SSSR count). The van der Waals surface area contributed by atoms with Crippen LogP contribution < -0.4 is 14.4 Å². The summed E-state index contributed by atoms with van der Waals surface area (Å²) in [6.07, 6.45) is 0. The average Bonchev–Trinajstić information content (AvgIpc) is 2.91. The van der Waals surface area contributed by atoms with Gasteiger partial charge >= 0.3 is 0 Å². The standard InChI is InChI=1S/C27H28Cl2FN3O5S/c1-4-38-21-12-14-22(15-13-21)39(36,37)33(20-10-8-19(30)9-11-20)17-26(34)32(18(2)27(35)31-3)16-23-24(28)6-5-7-25(23)29/h5-15,18H,4,16-17H2,1-3H3,(H,31,35)/t18-/m1/s1. The molecule has 0 unspecified atom stereocenters. The molecule has 8 nitrogen and oxygen atoms in total. The summed E-state index contributed by atoms with van der Waals surface area (Å²) in [5.41, 5.74) is 0.453. The number of benzene rings is 3. The molecule has 0 aliphatic rings. The largest absolute Gasteiger partial charge is 0.494 e. The topological polar surface area (TPSA) is 96.0 Å². The van der Waals surface area contributed by atoms with Gasteiger partial charge in [-0.15, -0.1) is 0 Å². The summed E-state index contributed by atoms with van der Waals surface area (Å²) in [7, 11) is -2.89. The highest BCUT2D eigenvalue weighted by molar-refractivity contribution is 7.92. The first-order chi connectivity index (χ1) is 18.5. The van der Waals surface area contributed by atoms with E-state index in [9.17, 15) is 22.4 Å². The molecule has 0 heterocycles. The fourth-order valence-corrected chi connectivity index (χ4v) is 5.71. The molecule has 0 bridgehead atoms. The predicted molar refractivity (Wildman–Crippen MR) is 149 cm³/mol. The summed E-state index contributed by atoms with van der Waals surface area (Å²) < 4.78 is 47.5.